The van der Waals surface area contributed by atoms with Crippen molar-refractivity contribution < 1.29 is 43.0 Å². The number of rotatable bonds is 9. The van der Waals surface area contributed by atoms with Crippen LogP contribution in [0.15, 0.2) is 0 Å². The molecule has 0 aromatic rings. The van der Waals surface area contributed by atoms with E-state index in [4.69, 9.17) is 14.2 Å². The topological polar surface area (TPSA) is 140 Å². The second-order valence-electron chi connectivity index (χ2n) is 12.6. The Balaban J connectivity index is 3.82. The molecule has 0 radical (unpaired) electrons. The molecular formula is C33H57N3O9. The van der Waals surface area contributed by atoms with Gasteiger partial charge in [-0.2, -0.15) is 0 Å². The van der Waals surface area contributed by atoms with Crippen LogP contribution in [0.1, 0.15) is 101 Å². The fraction of sp³-hybridized carbons (Fsp3) is 0.818. The molecule has 1 aliphatic heterocycles. The van der Waals surface area contributed by atoms with E-state index in [0.717, 1.165) is 6.42 Å². The molecule has 1 heterocycles. The van der Waals surface area contributed by atoms with Crippen molar-refractivity contribution in [2.45, 2.75) is 137 Å². The van der Waals surface area contributed by atoms with Gasteiger partial charge in [0.25, 0.3) is 17.7 Å². The van der Waals surface area contributed by atoms with Crippen LogP contribution in [0.5, 0.6) is 0 Å². The monoisotopic (exact) mass is 639 g/mol. The lowest BCUT2D eigenvalue weighted by atomic mass is 9.96. The molecule has 0 spiro atoms. The van der Waals surface area contributed by atoms with Gasteiger partial charge < -0.3 is 28.9 Å². The van der Waals surface area contributed by atoms with Crippen LogP contribution in [0.4, 0.5) is 0 Å². The normalized spacial score (nSPS) is 28.9. The molecule has 0 aliphatic carbocycles. The number of carbonyl (C=O) groups is 6. The average Bonchev–Trinajstić information content (AvgIpc) is 3.00. The van der Waals surface area contributed by atoms with Gasteiger partial charge in [0.05, 0.1) is 0 Å². The van der Waals surface area contributed by atoms with Crippen LogP contribution in [0.2, 0.25) is 0 Å². The van der Waals surface area contributed by atoms with E-state index in [2.05, 4.69) is 0 Å². The van der Waals surface area contributed by atoms with Crippen molar-refractivity contribution in [2.24, 2.45) is 17.8 Å². The predicted molar refractivity (Wildman–Crippen MR) is 169 cm³/mol. The second-order valence-corrected chi connectivity index (χ2v) is 12.6. The van der Waals surface area contributed by atoms with Gasteiger partial charge in [-0.3, -0.25) is 14.4 Å². The Hall–Kier alpha value is -3.18. The summed E-state index contributed by atoms with van der Waals surface area (Å²) in [4.78, 5) is 85.6. The molecule has 12 heteroatoms. The van der Waals surface area contributed by atoms with Crippen molar-refractivity contribution in [3.8, 4) is 0 Å². The number of likely N-dealkylation sites (N-methyl/N-ethyl adjacent to an activating group) is 3. The zero-order chi connectivity index (χ0) is 34.8. The second kappa shape index (κ2) is 18.1. The summed E-state index contributed by atoms with van der Waals surface area (Å²) in [6.07, 6.45) is -0.737. The zero-order valence-electron chi connectivity index (χ0n) is 29.5. The molecule has 0 saturated carbocycles. The predicted octanol–water partition coefficient (Wildman–Crippen LogP) is 3.58. The molecule has 0 unspecified atom stereocenters. The first-order valence-electron chi connectivity index (χ1n) is 16.4. The molecule has 3 amide bonds. The molecule has 1 rings (SSSR count). The number of ether oxygens (including phenoxy) is 3. The van der Waals surface area contributed by atoms with Crippen LogP contribution in [0, 0.1) is 17.8 Å². The van der Waals surface area contributed by atoms with E-state index >= 15 is 0 Å². The summed E-state index contributed by atoms with van der Waals surface area (Å²) in [7, 11) is 4.33. The summed E-state index contributed by atoms with van der Waals surface area (Å²) in [5.74, 6) is -5.26. The van der Waals surface area contributed by atoms with Gasteiger partial charge in [-0.05, 0) is 44.4 Å². The highest BCUT2D eigenvalue weighted by molar-refractivity contribution is 5.93. The van der Waals surface area contributed by atoms with Crippen molar-refractivity contribution in [3.63, 3.8) is 0 Å². The highest BCUT2D eigenvalue weighted by atomic mass is 16.6. The minimum Gasteiger partial charge on any atom is -0.451 e. The Labute approximate surface area is 269 Å². The van der Waals surface area contributed by atoms with Crippen LogP contribution in [-0.2, 0) is 43.0 Å². The van der Waals surface area contributed by atoms with Crippen LogP contribution in [0.25, 0.3) is 0 Å². The number of carbonyl (C=O) groups excluding carboxylic acids is 6. The minimum absolute atomic E-state index is 0.212. The Morgan fingerprint density at radius 3 is 1.18 bits per heavy atom. The van der Waals surface area contributed by atoms with Gasteiger partial charge in [0.2, 0.25) is 0 Å². The highest BCUT2D eigenvalue weighted by Gasteiger charge is 2.43. The number of amides is 3. The fourth-order valence-electron chi connectivity index (χ4n) is 5.62. The first-order chi connectivity index (χ1) is 21.0. The third-order valence-electron chi connectivity index (χ3n) is 9.20. The quantitative estimate of drug-likeness (QED) is 0.274. The molecular weight excluding hydrogens is 582 g/mol. The van der Waals surface area contributed by atoms with Crippen molar-refractivity contribution in [1.29, 1.82) is 0 Å². The molecule has 0 bridgehead atoms. The summed E-state index contributed by atoms with van der Waals surface area (Å²) in [6, 6.07) is -3.22. The van der Waals surface area contributed by atoms with E-state index in [-0.39, 0.29) is 24.2 Å². The third kappa shape index (κ3) is 9.90. The Morgan fingerprint density at radius 1 is 0.556 bits per heavy atom. The van der Waals surface area contributed by atoms with Crippen LogP contribution >= 0.6 is 0 Å². The van der Waals surface area contributed by atoms with Crippen molar-refractivity contribution in [3.05, 3.63) is 0 Å². The van der Waals surface area contributed by atoms with Gasteiger partial charge in [-0.15, -0.1) is 0 Å². The molecule has 1 aliphatic rings. The van der Waals surface area contributed by atoms with Crippen LogP contribution < -0.4 is 0 Å². The zero-order valence-corrected chi connectivity index (χ0v) is 29.5. The molecule has 12 nitrogen and oxygen atoms in total. The number of hydrogen-bond acceptors (Lipinski definition) is 9. The van der Waals surface area contributed by atoms with E-state index in [1.807, 2.05) is 27.7 Å². The van der Waals surface area contributed by atoms with E-state index < -0.39 is 72.1 Å². The van der Waals surface area contributed by atoms with Gasteiger partial charge in [0.15, 0.2) is 18.3 Å². The van der Waals surface area contributed by atoms with Crippen LogP contribution in [0.3, 0.4) is 0 Å². The largest absolute Gasteiger partial charge is 0.451 e. The Bertz CT molecular complexity index is 1040. The molecule has 0 aromatic carbocycles. The standard InChI is InChI=1S/C33H57N3O9/c1-13-17-18-24-30(39)36(12)26(20(6)15-3)32(41)44-22(8)28(37)34(10)25(19(5)14-2)31(40)43-23(9)29(38)35(11)27(21(7)16-4)33(42)45-24/h19-27H,13-18H2,1-12H3/t19-,20-,21-,22+,23+,24-,25-,26-,27-/m0/s1. The lowest BCUT2D eigenvalue weighted by Crippen LogP contribution is -2.56. The number of cyclic esters (lactones) is 3. The summed E-state index contributed by atoms with van der Waals surface area (Å²) in [5.41, 5.74) is 0. The lowest BCUT2D eigenvalue weighted by molar-refractivity contribution is -0.178. The first kappa shape index (κ1) is 39.8. The Morgan fingerprint density at radius 2 is 0.867 bits per heavy atom. The SMILES string of the molecule is CCCC[C@@H]1OC(=O)[C@H]([C@@H](C)CC)N(C)C(=O)[C@@H](C)OC(=O)[C@H]([C@@H](C)CC)N(C)C(=O)[C@@H](C)OC(=O)[C@H]([C@@H](C)CC)N(C)C1=O. The van der Waals surface area contributed by atoms with Crippen LogP contribution in [-0.4, -0.2) is 108 Å². The first-order valence-corrected chi connectivity index (χ1v) is 16.4. The third-order valence-corrected chi connectivity index (χ3v) is 9.20. The number of hydrogen-bond donors (Lipinski definition) is 0. The maximum absolute atomic E-state index is 13.9. The summed E-state index contributed by atoms with van der Waals surface area (Å²) in [6.45, 7) is 15.7. The molecule has 9 atom stereocenters. The smallest absolute Gasteiger partial charge is 0.329 e. The van der Waals surface area contributed by atoms with E-state index in [1.54, 1.807) is 20.8 Å². The summed E-state index contributed by atoms with van der Waals surface area (Å²) < 4.78 is 17.1. The fourth-order valence-corrected chi connectivity index (χ4v) is 5.62. The number of nitrogens with zero attached hydrogens (tertiary/aromatic N) is 3. The maximum atomic E-state index is 13.9. The minimum atomic E-state index is -1.29. The molecule has 0 N–H and O–H groups in total. The summed E-state index contributed by atoms with van der Waals surface area (Å²) in [5, 5.41) is 0. The lowest BCUT2D eigenvalue weighted by Gasteiger charge is -2.37. The average molecular weight is 640 g/mol. The van der Waals surface area contributed by atoms with Crippen molar-refractivity contribution in [2.75, 3.05) is 21.1 Å². The van der Waals surface area contributed by atoms with E-state index in [0.29, 0.717) is 25.7 Å². The van der Waals surface area contributed by atoms with Crippen molar-refractivity contribution in [1.82, 2.24) is 14.7 Å². The molecule has 45 heavy (non-hydrogen) atoms. The molecule has 0 aromatic heterocycles. The number of esters is 3. The maximum Gasteiger partial charge on any atom is 0.329 e. The molecule has 258 valence electrons. The van der Waals surface area contributed by atoms with Gasteiger partial charge in [0, 0.05) is 21.1 Å². The van der Waals surface area contributed by atoms with E-state index in [9.17, 15) is 28.8 Å². The molecule has 1 fully saturated rings. The number of unbranched alkanes of at least 4 members (excludes halogenated alkanes) is 1. The Kier molecular flexibility index (Phi) is 16.0. The summed E-state index contributed by atoms with van der Waals surface area (Å²) >= 11 is 0. The van der Waals surface area contributed by atoms with Crippen molar-refractivity contribution >= 4 is 35.6 Å². The van der Waals surface area contributed by atoms with Gasteiger partial charge in [-0.1, -0.05) is 74.1 Å². The van der Waals surface area contributed by atoms with Gasteiger partial charge in [0.1, 0.15) is 18.1 Å². The van der Waals surface area contributed by atoms with E-state index in [1.165, 1.54) is 49.7 Å². The van der Waals surface area contributed by atoms with Gasteiger partial charge >= 0.3 is 17.9 Å². The van der Waals surface area contributed by atoms with Gasteiger partial charge in [-0.25, -0.2) is 14.4 Å². The molecule has 1 saturated heterocycles. The highest BCUT2D eigenvalue weighted by Crippen LogP contribution is 2.24.